The molecule has 1 heterocycles. The topological polar surface area (TPSA) is 85.7 Å². The van der Waals surface area contributed by atoms with E-state index in [4.69, 9.17) is 9.29 Å². The molecule has 1 rings (SSSR count). The summed E-state index contributed by atoms with van der Waals surface area (Å²) < 4.78 is 38.7. The maximum Gasteiger partial charge on any atom is 0.397 e. The molecule has 90 valence electrons. The van der Waals surface area contributed by atoms with Crippen molar-refractivity contribution < 1.29 is 21.9 Å². The molecule has 0 radical (unpaired) electrons. The first-order chi connectivity index (χ1) is 7.35. The van der Waals surface area contributed by atoms with Crippen LogP contribution >= 0.6 is 0 Å². The van der Waals surface area contributed by atoms with Crippen molar-refractivity contribution in [3.05, 3.63) is 23.0 Å². The van der Waals surface area contributed by atoms with Crippen molar-refractivity contribution in [3.8, 4) is 5.75 Å². The maximum absolute atomic E-state index is 10.4. The zero-order chi connectivity index (χ0) is 12.3. The van der Waals surface area contributed by atoms with Crippen molar-refractivity contribution in [1.82, 2.24) is 4.98 Å². The lowest BCUT2D eigenvalue weighted by atomic mass is 10.1. The van der Waals surface area contributed by atoms with Crippen LogP contribution in [-0.4, -0.2) is 25.1 Å². The fourth-order valence-electron chi connectivity index (χ4n) is 1.35. The molecule has 1 aromatic heterocycles. The molecule has 0 spiro atoms. The number of aromatic nitrogens is 1. The molecule has 0 unspecified atom stereocenters. The van der Waals surface area contributed by atoms with E-state index in [0.717, 1.165) is 5.56 Å². The van der Waals surface area contributed by atoms with Gasteiger partial charge in [-0.05, 0) is 13.8 Å². The second kappa shape index (κ2) is 4.77. The van der Waals surface area contributed by atoms with E-state index < -0.39 is 10.4 Å². The van der Waals surface area contributed by atoms with E-state index in [9.17, 15) is 8.42 Å². The van der Waals surface area contributed by atoms with Crippen LogP contribution in [0.2, 0.25) is 0 Å². The number of methoxy groups -OCH3 is 1. The van der Waals surface area contributed by atoms with E-state index >= 15 is 0 Å². The Bertz CT molecular complexity index is 483. The minimum absolute atomic E-state index is 0.318. The second-order valence-corrected chi connectivity index (χ2v) is 4.33. The Kier molecular flexibility index (Phi) is 3.84. The standard InChI is InChI=1S/C9H13NO5S/c1-6-4-10-8(5-15-16(11,12)13)7(2)9(6)14-3/h4H,5H2,1-3H3,(H,11,12,13). The van der Waals surface area contributed by atoms with Gasteiger partial charge < -0.3 is 4.74 Å². The highest BCUT2D eigenvalue weighted by Crippen LogP contribution is 2.24. The zero-order valence-electron chi connectivity index (χ0n) is 9.22. The number of rotatable bonds is 4. The van der Waals surface area contributed by atoms with E-state index in [2.05, 4.69) is 9.17 Å². The summed E-state index contributed by atoms with van der Waals surface area (Å²) in [5.41, 5.74) is 1.93. The van der Waals surface area contributed by atoms with Gasteiger partial charge in [-0.1, -0.05) is 0 Å². The van der Waals surface area contributed by atoms with E-state index in [1.165, 1.54) is 7.11 Å². The lowest BCUT2D eigenvalue weighted by Gasteiger charge is -2.11. The van der Waals surface area contributed by atoms with E-state index in [-0.39, 0.29) is 6.61 Å². The summed E-state index contributed by atoms with van der Waals surface area (Å²) in [4.78, 5) is 4.01. The van der Waals surface area contributed by atoms with Gasteiger partial charge in [-0.25, -0.2) is 4.18 Å². The number of hydrogen-bond donors (Lipinski definition) is 1. The normalized spacial score (nSPS) is 11.5. The third kappa shape index (κ3) is 3.16. The molecule has 1 N–H and O–H groups in total. The van der Waals surface area contributed by atoms with Gasteiger partial charge in [-0.2, -0.15) is 8.42 Å². The van der Waals surface area contributed by atoms with Gasteiger partial charge in [0.25, 0.3) is 0 Å². The lowest BCUT2D eigenvalue weighted by molar-refractivity contribution is 0.255. The molecule has 0 amide bonds. The highest BCUT2D eigenvalue weighted by molar-refractivity contribution is 7.80. The van der Waals surface area contributed by atoms with Crippen molar-refractivity contribution in [2.24, 2.45) is 0 Å². The van der Waals surface area contributed by atoms with Gasteiger partial charge >= 0.3 is 10.4 Å². The smallest absolute Gasteiger partial charge is 0.397 e. The summed E-state index contributed by atoms with van der Waals surface area (Å²) in [6.45, 7) is 3.25. The van der Waals surface area contributed by atoms with Crippen LogP contribution in [0.3, 0.4) is 0 Å². The molecule has 0 aliphatic carbocycles. The third-order valence-electron chi connectivity index (χ3n) is 2.09. The molecule has 0 atom stereocenters. The SMILES string of the molecule is COc1c(C)cnc(COS(=O)(=O)O)c1C. The van der Waals surface area contributed by atoms with Gasteiger partial charge in [0.1, 0.15) is 12.4 Å². The summed E-state index contributed by atoms with van der Waals surface area (Å²) in [6, 6.07) is 0. The van der Waals surface area contributed by atoms with Crippen LogP contribution in [0.5, 0.6) is 5.75 Å². The Balaban J connectivity index is 2.98. The van der Waals surface area contributed by atoms with Crippen LogP contribution in [0.1, 0.15) is 16.8 Å². The minimum atomic E-state index is -4.45. The van der Waals surface area contributed by atoms with Gasteiger partial charge in [0.05, 0.1) is 12.8 Å². The first kappa shape index (κ1) is 12.9. The fourth-order valence-corrected chi connectivity index (χ4v) is 1.61. The highest BCUT2D eigenvalue weighted by Gasteiger charge is 2.12. The van der Waals surface area contributed by atoms with Crippen LogP contribution in [0.4, 0.5) is 0 Å². The molecule has 0 aromatic carbocycles. The molecule has 0 bridgehead atoms. The highest BCUT2D eigenvalue weighted by atomic mass is 32.3. The quantitative estimate of drug-likeness (QED) is 0.800. The number of ether oxygens (including phenoxy) is 1. The van der Waals surface area contributed by atoms with Gasteiger partial charge in [-0.15, -0.1) is 0 Å². The first-order valence-corrected chi connectivity index (χ1v) is 5.82. The Labute approximate surface area is 94.2 Å². The summed E-state index contributed by atoms with van der Waals surface area (Å²) in [5.74, 6) is 0.629. The van der Waals surface area contributed by atoms with E-state index in [1.807, 2.05) is 6.92 Å². The molecule has 7 heteroatoms. The number of aryl methyl sites for hydroxylation is 1. The van der Waals surface area contributed by atoms with Crippen LogP contribution < -0.4 is 4.74 Å². The van der Waals surface area contributed by atoms with Crippen LogP contribution in [0, 0.1) is 13.8 Å². The largest absolute Gasteiger partial charge is 0.496 e. The monoisotopic (exact) mass is 247 g/mol. The Morgan fingerprint density at radius 2 is 2.06 bits per heavy atom. The molecular weight excluding hydrogens is 234 g/mol. The average molecular weight is 247 g/mol. The Morgan fingerprint density at radius 1 is 1.44 bits per heavy atom. The van der Waals surface area contributed by atoms with Crippen molar-refractivity contribution in [1.29, 1.82) is 0 Å². The summed E-state index contributed by atoms with van der Waals surface area (Å²) in [5, 5.41) is 0. The van der Waals surface area contributed by atoms with Gasteiger partial charge in [0.2, 0.25) is 0 Å². The van der Waals surface area contributed by atoms with Crippen LogP contribution in [0.15, 0.2) is 6.20 Å². The number of pyridine rings is 1. The minimum Gasteiger partial charge on any atom is -0.496 e. The fraction of sp³-hybridized carbons (Fsp3) is 0.444. The third-order valence-corrected chi connectivity index (χ3v) is 2.51. The first-order valence-electron chi connectivity index (χ1n) is 4.46. The summed E-state index contributed by atoms with van der Waals surface area (Å²) >= 11 is 0. The van der Waals surface area contributed by atoms with E-state index in [0.29, 0.717) is 17.0 Å². The van der Waals surface area contributed by atoms with Crippen LogP contribution in [0.25, 0.3) is 0 Å². The van der Waals surface area contributed by atoms with Crippen molar-refractivity contribution in [2.75, 3.05) is 7.11 Å². The van der Waals surface area contributed by atoms with Gasteiger partial charge in [0, 0.05) is 17.3 Å². The van der Waals surface area contributed by atoms with Gasteiger partial charge in [-0.3, -0.25) is 9.54 Å². The van der Waals surface area contributed by atoms with Crippen molar-refractivity contribution in [3.63, 3.8) is 0 Å². The Hall–Kier alpha value is -1.18. The van der Waals surface area contributed by atoms with Gasteiger partial charge in [0.15, 0.2) is 0 Å². The zero-order valence-corrected chi connectivity index (χ0v) is 10.0. The number of hydrogen-bond acceptors (Lipinski definition) is 5. The second-order valence-electron chi connectivity index (χ2n) is 3.24. The molecule has 1 aromatic rings. The summed E-state index contributed by atoms with van der Waals surface area (Å²) in [7, 11) is -2.93. The van der Waals surface area contributed by atoms with Crippen molar-refractivity contribution >= 4 is 10.4 Å². The molecule has 0 saturated heterocycles. The molecule has 6 nitrogen and oxygen atoms in total. The number of nitrogens with zero attached hydrogens (tertiary/aromatic N) is 1. The Morgan fingerprint density at radius 3 is 2.56 bits per heavy atom. The molecule has 16 heavy (non-hydrogen) atoms. The molecule has 0 aliphatic rings. The lowest BCUT2D eigenvalue weighted by Crippen LogP contribution is -2.07. The van der Waals surface area contributed by atoms with E-state index in [1.54, 1.807) is 13.1 Å². The van der Waals surface area contributed by atoms with Crippen LogP contribution in [-0.2, 0) is 21.2 Å². The predicted molar refractivity (Wildman–Crippen MR) is 56.6 cm³/mol. The summed E-state index contributed by atoms with van der Waals surface area (Å²) in [6.07, 6.45) is 1.55. The predicted octanol–water partition coefficient (Wildman–Crippen LogP) is 1.03. The molecular formula is C9H13NO5S. The average Bonchev–Trinajstić information content (AvgIpc) is 2.16. The molecule has 0 fully saturated rings. The van der Waals surface area contributed by atoms with Crippen molar-refractivity contribution in [2.45, 2.75) is 20.5 Å². The maximum atomic E-state index is 10.4. The molecule has 0 saturated carbocycles. The molecule has 0 aliphatic heterocycles.